The van der Waals surface area contributed by atoms with Crippen LogP contribution in [0.3, 0.4) is 0 Å². The summed E-state index contributed by atoms with van der Waals surface area (Å²) in [7, 11) is -2.19. The van der Waals surface area contributed by atoms with E-state index in [2.05, 4.69) is 35.2 Å². The van der Waals surface area contributed by atoms with E-state index in [9.17, 15) is 13.2 Å². The maximum Gasteiger partial charge on any atom is 0.248 e. The summed E-state index contributed by atoms with van der Waals surface area (Å²) in [6, 6.07) is 12.2. The number of aryl methyl sites for hydroxylation is 4. The summed E-state index contributed by atoms with van der Waals surface area (Å²) in [6.45, 7) is 11.1. The maximum absolute atomic E-state index is 13.8. The standard InChI is InChI=1S/C32H40N4O5S/c1-22-19-23(2)29(24(3)20-22)9-10-30-31(25(4)33-41-30)42(38,39)36-13-11-26(12-14-36)32(37)35-17-15-34(16-18-35)27-7-6-8-28(21-27)40-5/h6-10,19-21,26H,11-18H2,1-5H3. The lowest BCUT2D eigenvalue weighted by molar-refractivity contribution is -0.137. The first kappa shape index (κ1) is 29.8. The van der Waals surface area contributed by atoms with E-state index in [4.69, 9.17) is 9.26 Å². The molecular weight excluding hydrogens is 552 g/mol. The Bertz CT molecular complexity index is 1560. The van der Waals surface area contributed by atoms with Crippen LogP contribution in [-0.2, 0) is 14.8 Å². The first-order chi connectivity index (χ1) is 20.1. The molecular formula is C32H40N4O5S. The summed E-state index contributed by atoms with van der Waals surface area (Å²) in [4.78, 5) is 17.7. The average Bonchev–Trinajstić information content (AvgIpc) is 3.37. The highest BCUT2D eigenvalue weighted by molar-refractivity contribution is 7.89. The van der Waals surface area contributed by atoms with Crippen molar-refractivity contribution in [1.29, 1.82) is 0 Å². The van der Waals surface area contributed by atoms with Crippen molar-refractivity contribution in [3.63, 3.8) is 0 Å². The van der Waals surface area contributed by atoms with Gasteiger partial charge in [-0.1, -0.05) is 35.0 Å². The van der Waals surface area contributed by atoms with Crippen molar-refractivity contribution < 1.29 is 22.5 Å². The number of anilines is 1. The van der Waals surface area contributed by atoms with E-state index in [-0.39, 0.29) is 35.6 Å². The quantitative estimate of drug-likeness (QED) is 0.388. The first-order valence-electron chi connectivity index (χ1n) is 14.5. The van der Waals surface area contributed by atoms with Crippen LogP contribution in [0.15, 0.2) is 45.8 Å². The van der Waals surface area contributed by atoms with Gasteiger partial charge in [0.1, 0.15) is 11.4 Å². The van der Waals surface area contributed by atoms with Gasteiger partial charge in [0, 0.05) is 56.9 Å². The van der Waals surface area contributed by atoms with Crippen LogP contribution in [0.25, 0.3) is 12.2 Å². The smallest absolute Gasteiger partial charge is 0.248 e. The molecule has 42 heavy (non-hydrogen) atoms. The van der Waals surface area contributed by atoms with Gasteiger partial charge in [0.25, 0.3) is 0 Å². The second-order valence-corrected chi connectivity index (χ2v) is 13.2. The third-order valence-electron chi connectivity index (χ3n) is 8.38. The van der Waals surface area contributed by atoms with Crippen molar-refractivity contribution in [2.24, 2.45) is 5.92 Å². The molecule has 2 saturated heterocycles. The summed E-state index contributed by atoms with van der Waals surface area (Å²) in [6.07, 6.45) is 4.57. The minimum absolute atomic E-state index is 0.0969. The van der Waals surface area contributed by atoms with E-state index >= 15 is 0 Å². The monoisotopic (exact) mass is 592 g/mol. The number of carbonyl (C=O) groups is 1. The molecule has 2 aliphatic rings. The molecule has 2 aliphatic heterocycles. The number of ether oxygens (including phenoxy) is 1. The third kappa shape index (κ3) is 6.10. The van der Waals surface area contributed by atoms with Gasteiger partial charge in [-0.15, -0.1) is 0 Å². The van der Waals surface area contributed by atoms with E-state index in [0.717, 1.165) is 41.2 Å². The van der Waals surface area contributed by atoms with E-state index < -0.39 is 10.0 Å². The minimum atomic E-state index is -3.85. The molecule has 0 radical (unpaired) electrons. The Morgan fingerprint density at radius 2 is 1.62 bits per heavy atom. The van der Waals surface area contributed by atoms with Crippen LogP contribution in [0.2, 0.25) is 0 Å². The normalized spacial score (nSPS) is 17.3. The zero-order chi connectivity index (χ0) is 30.0. The van der Waals surface area contributed by atoms with Gasteiger partial charge in [-0.25, -0.2) is 8.42 Å². The molecule has 9 nitrogen and oxygen atoms in total. The predicted octanol–water partition coefficient (Wildman–Crippen LogP) is 4.84. The number of amides is 1. The number of carbonyl (C=O) groups excluding carboxylic acids is 1. The molecule has 0 unspecified atom stereocenters. The molecule has 0 atom stereocenters. The third-order valence-corrected chi connectivity index (χ3v) is 10.4. The van der Waals surface area contributed by atoms with Gasteiger partial charge in [-0.05, 0) is 75.4 Å². The van der Waals surface area contributed by atoms with E-state index in [1.807, 2.05) is 43.0 Å². The average molecular weight is 593 g/mol. The molecule has 2 fully saturated rings. The number of methoxy groups -OCH3 is 1. The lowest BCUT2D eigenvalue weighted by Crippen LogP contribution is -2.52. The Hall–Kier alpha value is -3.63. The van der Waals surface area contributed by atoms with Crippen LogP contribution in [0.4, 0.5) is 5.69 Å². The van der Waals surface area contributed by atoms with Gasteiger partial charge in [0.05, 0.1) is 7.11 Å². The molecule has 1 amide bonds. The lowest BCUT2D eigenvalue weighted by Gasteiger charge is -2.39. The molecule has 0 aliphatic carbocycles. The van der Waals surface area contributed by atoms with E-state index in [0.29, 0.717) is 31.6 Å². The number of sulfonamides is 1. The fraction of sp³-hybridized carbons (Fsp3) is 0.438. The number of piperidine rings is 1. The van der Waals surface area contributed by atoms with Crippen LogP contribution < -0.4 is 9.64 Å². The van der Waals surface area contributed by atoms with Crippen molar-refractivity contribution in [1.82, 2.24) is 14.4 Å². The Morgan fingerprint density at radius 1 is 0.952 bits per heavy atom. The summed E-state index contributed by atoms with van der Waals surface area (Å²) < 4.78 is 39.8. The van der Waals surface area contributed by atoms with Crippen LogP contribution in [0.1, 0.15) is 46.5 Å². The van der Waals surface area contributed by atoms with Crippen molar-refractivity contribution in [3.05, 3.63) is 70.1 Å². The zero-order valence-corrected chi connectivity index (χ0v) is 25.9. The first-order valence-corrected chi connectivity index (χ1v) is 15.9. The fourth-order valence-corrected chi connectivity index (χ4v) is 7.85. The maximum atomic E-state index is 13.8. The Morgan fingerprint density at radius 3 is 2.26 bits per heavy atom. The van der Waals surface area contributed by atoms with Gasteiger partial charge in [0.15, 0.2) is 10.7 Å². The van der Waals surface area contributed by atoms with E-state index in [1.54, 1.807) is 20.1 Å². The molecule has 1 aromatic heterocycles. The second-order valence-electron chi connectivity index (χ2n) is 11.3. The number of benzene rings is 2. The van der Waals surface area contributed by atoms with Gasteiger partial charge >= 0.3 is 0 Å². The Labute approximate surface area is 248 Å². The van der Waals surface area contributed by atoms with E-state index in [1.165, 1.54) is 9.87 Å². The predicted molar refractivity (Wildman–Crippen MR) is 164 cm³/mol. The topological polar surface area (TPSA) is 96.2 Å². The highest BCUT2D eigenvalue weighted by Crippen LogP contribution is 2.31. The zero-order valence-electron chi connectivity index (χ0n) is 25.1. The molecule has 0 bridgehead atoms. The fourth-order valence-electron chi connectivity index (χ4n) is 6.13. The molecule has 3 heterocycles. The van der Waals surface area contributed by atoms with Crippen LogP contribution in [0.5, 0.6) is 5.75 Å². The summed E-state index contributed by atoms with van der Waals surface area (Å²) in [5.41, 5.74) is 5.84. The van der Waals surface area contributed by atoms with Crippen LogP contribution in [0, 0.1) is 33.6 Å². The molecule has 3 aromatic rings. The van der Waals surface area contributed by atoms with Crippen molar-refractivity contribution in [3.8, 4) is 5.75 Å². The minimum Gasteiger partial charge on any atom is -0.497 e. The highest BCUT2D eigenvalue weighted by Gasteiger charge is 2.37. The number of aromatic nitrogens is 1. The van der Waals surface area contributed by atoms with Crippen molar-refractivity contribution >= 4 is 33.8 Å². The number of hydrogen-bond acceptors (Lipinski definition) is 7. The Kier molecular flexibility index (Phi) is 8.75. The van der Waals surface area contributed by atoms with Gasteiger partial charge in [-0.3, -0.25) is 4.79 Å². The van der Waals surface area contributed by atoms with Gasteiger partial charge < -0.3 is 19.1 Å². The summed E-state index contributed by atoms with van der Waals surface area (Å²) in [5.74, 6) is 0.967. The molecule has 0 saturated carbocycles. The summed E-state index contributed by atoms with van der Waals surface area (Å²) in [5, 5.41) is 3.99. The number of hydrogen-bond donors (Lipinski definition) is 0. The molecule has 0 N–H and O–H groups in total. The molecule has 0 spiro atoms. The number of rotatable bonds is 7. The van der Waals surface area contributed by atoms with Gasteiger partial charge in [0.2, 0.25) is 15.9 Å². The molecule has 5 rings (SSSR count). The van der Waals surface area contributed by atoms with Crippen LogP contribution >= 0.6 is 0 Å². The molecule has 224 valence electrons. The highest BCUT2D eigenvalue weighted by atomic mass is 32.2. The van der Waals surface area contributed by atoms with Crippen molar-refractivity contribution in [2.45, 2.75) is 45.4 Å². The largest absolute Gasteiger partial charge is 0.497 e. The van der Waals surface area contributed by atoms with Crippen LogP contribution in [-0.4, -0.2) is 75.1 Å². The number of nitrogens with zero attached hydrogens (tertiary/aromatic N) is 4. The number of piperazine rings is 1. The second kappa shape index (κ2) is 12.3. The molecule has 10 heteroatoms. The molecule has 2 aromatic carbocycles. The van der Waals surface area contributed by atoms with Crippen molar-refractivity contribution in [2.75, 3.05) is 51.3 Å². The Balaban J connectivity index is 1.21. The summed E-state index contributed by atoms with van der Waals surface area (Å²) >= 11 is 0. The lowest BCUT2D eigenvalue weighted by atomic mass is 9.96. The SMILES string of the molecule is COc1cccc(N2CCN(C(=O)C3CCN(S(=O)(=O)c4c(C)noc4C=Cc4c(C)cc(C)cc4C)CC3)CC2)c1. The van der Waals surface area contributed by atoms with Gasteiger partial charge in [-0.2, -0.15) is 4.31 Å².